The molecular formula is C21H22O5. The number of benzene rings is 2. The van der Waals surface area contributed by atoms with E-state index in [4.69, 9.17) is 9.47 Å². The van der Waals surface area contributed by atoms with Crippen LogP contribution in [0.3, 0.4) is 0 Å². The van der Waals surface area contributed by atoms with E-state index in [0.29, 0.717) is 11.1 Å². The lowest BCUT2D eigenvalue weighted by Gasteiger charge is -2.25. The van der Waals surface area contributed by atoms with Gasteiger partial charge in [-0.2, -0.15) is 0 Å². The van der Waals surface area contributed by atoms with Gasteiger partial charge >= 0.3 is 11.9 Å². The Balaban J connectivity index is 2.48. The SMILES string of the molecule is COC(=O)c1ccc([C@H](C(=O)OC)[C@H](CC(C)=O)c2ccccc2)cc1. The lowest BCUT2D eigenvalue weighted by molar-refractivity contribution is -0.143. The van der Waals surface area contributed by atoms with Crippen molar-refractivity contribution < 1.29 is 23.9 Å². The Morgan fingerprint density at radius 1 is 0.846 bits per heavy atom. The molecule has 0 heterocycles. The van der Waals surface area contributed by atoms with Crippen molar-refractivity contribution in [1.29, 1.82) is 0 Å². The van der Waals surface area contributed by atoms with E-state index in [0.717, 1.165) is 5.56 Å². The number of esters is 2. The molecule has 0 radical (unpaired) electrons. The van der Waals surface area contributed by atoms with Gasteiger partial charge in [0.15, 0.2) is 0 Å². The van der Waals surface area contributed by atoms with Crippen LogP contribution < -0.4 is 0 Å². The highest BCUT2D eigenvalue weighted by atomic mass is 16.5. The number of carbonyl (C=O) groups excluding carboxylic acids is 3. The number of rotatable bonds is 7. The van der Waals surface area contributed by atoms with Crippen molar-refractivity contribution >= 4 is 17.7 Å². The zero-order valence-corrected chi connectivity index (χ0v) is 15.1. The van der Waals surface area contributed by atoms with Crippen LogP contribution in [-0.2, 0) is 19.1 Å². The summed E-state index contributed by atoms with van der Waals surface area (Å²) in [6.07, 6.45) is 0.211. The fourth-order valence-corrected chi connectivity index (χ4v) is 3.04. The number of hydrogen-bond acceptors (Lipinski definition) is 5. The van der Waals surface area contributed by atoms with Gasteiger partial charge in [0.05, 0.1) is 25.7 Å². The van der Waals surface area contributed by atoms with E-state index in [-0.39, 0.29) is 18.1 Å². The molecule has 0 aromatic heterocycles. The highest BCUT2D eigenvalue weighted by Gasteiger charge is 2.33. The summed E-state index contributed by atoms with van der Waals surface area (Å²) in [5.41, 5.74) is 1.96. The molecule has 0 fully saturated rings. The minimum Gasteiger partial charge on any atom is -0.469 e. The first-order valence-corrected chi connectivity index (χ1v) is 8.28. The smallest absolute Gasteiger partial charge is 0.337 e. The van der Waals surface area contributed by atoms with Crippen molar-refractivity contribution in [2.75, 3.05) is 14.2 Å². The van der Waals surface area contributed by atoms with Gasteiger partial charge < -0.3 is 14.3 Å². The average Bonchev–Trinajstić information content (AvgIpc) is 2.67. The highest BCUT2D eigenvalue weighted by molar-refractivity contribution is 5.89. The van der Waals surface area contributed by atoms with Crippen LogP contribution in [0.1, 0.15) is 46.7 Å². The molecule has 136 valence electrons. The summed E-state index contributed by atoms with van der Waals surface area (Å²) >= 11 is 0. The Kier molecular flexibility index (Phi) is 6.67. The lowest BCUT2D eigenvalue weighted by atomic mass is 9.78. The van der Waals surface area contributed by atoms with Gasteiger partial charge in [-0.1, -0.05) is 42.5 Å². The molecule has 2 aromatic carbocycles. The second-order valence-electron chi connectivity index (χ2n) is 6.04. The Hall–Kier alpha value is -2.95. The van der Waals surface area contributed by atoms with Gasteiger partial charge in [-0.25, -0.2) is 4.79 Å². The summed E-state index contributed by atoms with van der Waals surface area (Å²) in [5.74, 6) is -1.90. The number of ketones is 1. The molecular weight excluding hydrogens is 332 g/mol. The van der Waals surface area contributed by atoms with Crippen molar-refractivity contribution in [1.82, 2.24) is 0 Å². The average molecular weight is 354 g/mol. The molecule has 0 aliphatic carbocycles. The predicted molar refractivity (Wildman–Crippen MR) is 97.0 cm³/mol. The molecule has 2 atom stereocenters. The number of carbonyl (C=O) groups is 3. The second-order valence-corrected chi connectivity index (χ2v) is 6.04. The zero-order chi connectivity index (χ0) is 19.1. The number of methoxy groups -OCH3 is 2. The first-order valence-electron chi connectivity index (χ1n) is 8.28. The van der Waals surface area contributed by atoms with Crippen molar-refractivity contribution in [2.45, 2.75) is 25.2 Å². The Morgan fingerprint density at radius 3 is 1.96 bits per heavy atom. The van der Waals surface area contributed by atoms with Crippen LogP contribution in [-0.4, -0.2) is 31.9 Å². The summed E-state index contributed by atoms with van der Waals surface area (Å²) in [4.78, 5) is 36.0. The fraction of sp³-hybridized carbons (Fsp3) is 0.286. The largest absolute Gasteiger partial charge is 0.469 e. The molecule has 26 heavy (non-hydrogen) atoms. The Morgan fingerprint density at radius 2 is 1.46 bits per heavy atom. The van der Waals surface area contributed by atoms with Crippen LogP contribution in [0.5, 0.6) is 0 Å². The molecule has 0 N–H and O–H groups in total. The first kappa shape index (κ1) is 19.4. The molecule has 2 aromatic rings. The third kappa shape index (κ3) is 4.57. The monoisotopic (exact) mass is 354 g/mol. The quantitative estimate of drug-likeness (QED) is 0.712. The summed E-state index contributed by atoms with van der Waals surface area (Å²) < 4.78 is 9.71. The molecule has 0 bridgehead atoms. The zero-order valence-electron chi connectivity index (χ0n) is 15.1. The molecule has 2 rings (SSSR count). The number of Topliss-reactive ketones (excluding diaryl/α,β-unsaturated/α-hetero) is 1. The maximum absolute atomic E-state index is 12.6. The topological polar surface area (TPSA) is 69.7 Å². The van der Waals surface area contributed by atoms with E-state index in [2.05, 4.69) is 0 Å². The van der Waals surface area contributed by atoms with E-state index in [1.165, 1.54) is 21.1 Å². The van der Waals surface area contributed by atoms with Gasteiger partial charge in [0.2, 0.25) is 0 Å². The van der Waals surface area contributed by atoms with Crippen molar-refractivity contribution in [3.63, 3.8) is 0 Å². The third-order valence-corrected chi connectivity index (χ3v) is 4.28. The van der Waals surface area contributed by atoms with Crippen LogP contribution in [0.4, 0.5) is 0 Å². The maximum Gasteiger partial charge on any atom is 0.337 e. The van der Waals surface area contributed by atoms with Gasteiger partial charge in [0.25, 0.3) is 0 Å². The van der Waals surface area contributed by atoms with Crippen molar-refractivity contribution in [3.05, 3.63) is 71.3 Å². The molecule has 0 saturated heterocycles. The Bertz CT molecular complexity index is 765. The molecule has 5 nitrogen and oxygen atoms in total. The first-order chi connectivity index (χ1) is 12.5. The minimum atomic E-state index is -0.655. The predicted octanol–water partition coefficient (Wildman–Crippen LogP) is 3.49. The molecule has 0 spiro atoms. The third-order valence-electron chi connectivity index (χ3n) is 4.28. The summed E-state index contributed by atoms with van der Waals surface area (Å²) in [6.45, 7) is 1.50. The van der Waals surface area contributed by atoms with Gasteiger partial charge in [0, 0.05) is 12.3 Å². The Labute approximate surface area is 152 Å². The van der Waals surface area contributed by atoms with Gasteiger partial charge in [-0.15, -0.1) is 0 Å². The van der Waals surface area contributed by atoms with Gasteiger partial charge in [-0.3, -0.25) is 4.79 Å². The van der Waals surface area contributed by atoms with Crippen molar-refractivity contribution in [2.24, 2.45) is 0 Å². The molecule has 0 aliphatic rings. The van der Waals surface area contributed by atoms with E-state index >= 15 is 0 Å². The standard InChI is InChI=1S/C21H22O5/c1-14(22)13-18(15-7-5-4-6-8-15)19(21(24)26-3)16-9-11-17(12-10-16)20(23)25-2/h4-12,18-19H,13H2,1-3H3/t18-,19+/m1/s1. The number of ether oxygens (including phenoxy) is 2. The molecule has 5 heteroatoms. The molecule has 0 saturated carbocycles. The van der Waals surface area contributed by atoms with Crippen molar-refractivity contribution in [3.8, 4) is 0 Å². The summed E-state index contributed by atoms with van der Waals surface area (Å²) in [5, 5.41) is 0. The minimum absolute atomic E-state index is 0.0149. The summed E-state index contributed by atoms with van der Waals surface area (Å²) in [7, 11) is 2.64. The second kappa shape index (κ2) is 8.94. The molecule has 0 unspecified atom stereocenters. The maximum atomic E-state index is 12.6. The lowest BCUT2D eigenvalue weighted by Crippen LogP contribution is -2.23. The van der Waals surface area contributed by atoms with E-state index in [1.807, 2.05) is 30.3 Å². The van der Waals surface area contributed by atoms with Gasteiger partial charge in [0.1, 0.15) is 5.78 Å². The number of hydrogen-bond donors (Lipinski definition) is 0. The molecule has 0 amide bonds. The van der Waals surface area contributed by atoms with E-state index < -0.39 is 17.9 Å². The summed E-state index contributed by atoms with van der Waals surface area (Å²) in [6, 6.07) is 16.0. The van der Waals surface area contributed by atoms with Crippen LogP contribution >= 0.6 is 0 Å². The van der Waals surface area contributed by atoms with Gasteiger partial charge in [-0.05, 0) is 30.2 Å². The fourth-order valence-electron chi connectivity index (χ4n) is 3.04. The van der Waals surface area contributed by atoms with E-state index in [1.54, 1.807) is 24.3 Å². The van der Waals surface area contributed by atoms with Crippen LogP contribution in [0.2, 0.25) is 0 Å². The van der Waals surface area contributed by atoms with Crippen LogP contribution in [0.25, 0.3) is 0 Å². The van der Waals surface area contributed by atoms with Crippen LogP contribution in [0.15, 0.2) is 54.6 Å². The van der Waals surface area contributed by atoms with Crippen LogP contribution in [0, 0.1) is 0 Å². The molecule has 0 aliphatic heterocycles. The highest BCUT2D eigenvalue weighted by Crippen LogP contribution is 2.37. The van der Waals surface area contributed by atoms with E-state index in [9.17, 15) is 14.4 Å². The normalized spacial score (nSPS) is 12.7.